The van der Waals surface area contributed by atoms with Gasteiger partial charge in [-0.05, 0) is 25.5 Å². The highest BCUT2D eigenvalue weighted by atomic mass is 16.5. The van der Waals surface area contributed by atoms with Gasteiger partial charge in [0.2, 0.25) is 5.91 Å². The number of aromatic amines is 1. The zero-order valence-electron chi connectivity index (χ0n) is 20.9. The predicted octanol–water partition coefficient (Wildman–Crippen LogP) is 0.942. The van der Waals surface area contributed by atoms with E-state index in [4.69, 9.17) is 14.7 Å². The Hall–Kier alpha value is -3.49. The van der Waals surface area contributed by atoms with Crippen molar-refractivity contribution < 1.29 is 14.3 Å². The van der Waals surface area contributed by atoms with E-state index in [1.807, 2.05) is 11.0 Å². The number of nitrogens with one attached hydrogen (secondary N) is 1. The van der Waals surface area contributed by atoms with Gasteiger partial charge in [-0.25, -0.2) is 10.1 Å². The molecule has 11 heteroatoms. The van der Waals surface area contributed by atoms with Crippen LogP contribution < -0.4 is 15.4 Å². The summed E-state index contributed by atoms with van der Waals surface area (Å²) in [5.41, 5.74) is 1.80. The maximum atomic E-state index is 12.7. The highest BCUT2D eigenvalue weighted by Crippen LogP contribution is 2.30. The van der Waals surface area contributed by atoms with Crippen LogP contribution in [0.15, 0.2) is 29.3 Å². The molecule has 2 atom stereocenters. The minimum atomic E-state index is -0.192. The molecule has 2 aromatic rings. The van der Waals surface area contributed by atoms with E-state index in [9.17, 15) is 9.59 Å². The zero-order valence-corrected chi connectivity index (χ0v) is 20.9. The molecule has 0 saturated carbocycles. The molecule has 2 saturated heterocycles. The normalized spacial score (nSPS) is 20.0. The van der Waals surface area contributed by atoms with Gasteiger partial charge in [-0.2, -0.15) is 10.4 Å². The van der Waals surface area contributed by atoms with E-state index in [1.54, 1.807) is 32.5 Å². The van der Waals surface area contributed by atoms with Gasteiger partial charge in [0, 0.05) is 57.5 Å². The lowest BCUT2D eigenvalue weighted by Crippen LogP contribution is -2.49. The van der Waals surface area contributed by atoms with E-state index in [0.717, 1.165) is 24.5 Å². The maximum absolute atomic E-state index is 12.7. The molecule has 0 radical (unpaired) electrons. The van der Waals surface area contributed by atoms with Crippen LogP contribution in [0, 0.1) is 24.2 Å². The molecule has 0 aliphatic carbocycles. The SMILES string of the molecule is COCC1C[C@@H](COCCC(=O)N2CCN(c3ccc(C#N)cn3)CC2)N(c2cn[nH]c(=O)c2C)C1. The van der Waals surface area contributed by atoms with Crippen molar-refractivity contribution in [2.24, 2.45) is 5.92 Å². The van der Waals surface area contributed by atoms with Crippen LogP contribution in [-0.4, -0.2) is 91.7 Å². The summed E-state index contributed by atoms with van der Waals surface area (Å²) in [6.07, 6.45) is 4.48. The third-order valence-electron chi connectivity index (χ3n) is 6.89. The first-order chi connectivity index (χ1) is 17.5. The Balaban J connectivity index is 1.24. The van der Waals surface area contributed by atoms with Gasteiger partial charge in [0.05, 0.1) is 49.7 Å². The molecule has 2 fully saturated rings. The van der Waals surface area contributed by atoms with E-state index in [-0.39, 0.29) is 17.5 Å². The van der Waals surface area contributed by atoms with Gasteiger partial charge in [0.1, 0.15) is 11.9 Å². The van der Waals surface area contributed by atoms with E-state index in [2.05, 4.69) is 31.1 Å². The van der Waals surface area contributed by atoms with Crippen LogP contribution in [0.3, 0.4) is 0 Å². The summed E-state index contributed by atoms with van der Waals surface area (Å²) >= 11 is 0. The number of carbonyl (C=O) groups is 1. The summed E-state index contributed by atoms with van der Waals surface area (Å²) < 4.78 is 11.3. The number of carbonyl (C=O) groups excluding carboxylic acids is 1. The van der Waals surface area contributed by atoms with Crippen LogP contribution in [0.1, 0.15) is 24.0 Å². The van der Waals surface area contributed by atoms with Gasteiger partial charge >= 0.3 is 0 Å². The lowest BCUT2D eigenvalue weighted by molar-refractivity contribution is -0.132. The topological polar surface area (TPSA) is 128 Å². The fraction of sp³-hybridized carbons (Fsp3) is 0.560. The number of nitrogens with zero attached hydrogens (tertiary/aromatic N) is 6. The summed E-state index contributed by atoms with van der Waals surface area (Å²) in [5, 5.41) is 15.4. The molecule has 11 nitrogen and oxygen atoms in total. The van der Waals surface area contributed by atoms with Gasteiger partial charge in [-0.15, -0.1) is 0 Å². The number of ether oxygens (including phenoxy) is 2. The van der Waals surface area contributed by atoms with Gasteiger partial charge in [-0.3, -0.25) is 9.59 Å². The molecule has 1 N–H and O–H groups in total. The molecule has 2 aromatic heterocycles. The fourth-order valence-corrected chi connectivity index (χ4v) is 4.92. The summed E-state index contributed by atoms with van der Waals surface area (Å²) in [5.74, 6) is 1.24. The molecule has 2 aliphatic rings. The van der Waals surface area contributed by atoms with Gasteiger partial charge in [0.25, 0.3) is 5.56 Å². The number of piperazine rings is 1. The number of pyridine rings is 1. The van der Waals surface area contributed by atoms with Crippen molar-refractivity contribution in [3.05, 3.63) is 46.0 Å². The van der Waals surface area contributed by atoms with E-state index >= 15 is 0 Å². The second kappa shape index (κ2) is 12.0. The Bertz CT molecular complexity index is 1120. The average molecular weight is 496 g/mol. The maximum Gasteiger partial charge on any atom is 0.269 e. The number of H-pyrrole nitrogens is 1. The standard InChI is InChI=1S/C25H33N7O4/c1-18-22(14-28-29-25(18)34)32-15-20(16-35-2)11-21(32)17-36-10-5-24(33)31-8-6-30(7-9-31)23-4-3-19(12-26)13-27-23/h3-4,13-14,20-21H,5-11,15-17H2,1-2H3,(H,29,34)/t20?,21-/m0/s1. The second-order valence-corrected chi connectivity index (χ2v) is 9.28. The summed E-state index contributed by atoms with van der Waals surface area (Å²) in [6.45, 7) is 6.69. The minimum absolute atomic E-state index is 0.0811. The molecular formula is C25H33N7O4. The average Bonchev–Trinajstić information content (AvgIpc) is 3.30. The van der Waals surface area contributed by atoms with Crippen LogP contribution in [0.25, 0.3) is 0 Å². The lowest BCUT2D eigenvalue weighted by atomic mass is 10.1. The Morgan fingerprint density at radius 2 is 2.03 bits per heavy atom. The predicted molar refractivity (Wildman–Crippen MR) is 134 cm³/mol. The van der Waals surface area contributed by atoms with Crippen molar-refractivity contribution in [2.45, 2.75) is 25.8 Å². The van der Waals surface area contributed by atoms with Crippen LogP contribution in [-0.2, 0) is 14.3 Å². The molecule has 2 aliphatic heterocycles. The second-order valence-electron chi connectivity index (χ2n) is 9.28. The highest BCUT2D eigenvalue weighted by Gasteiger charge is 2.33. The first kappa shape index (κ1) is 25.6. The molecule has 0 bridgehead atoms. The Morgan fingerprint density at radius 3 is 2.72 bits per heavy atom. The Morgan fingerprint density at radius 1 is 1.22 bits per heavy atom. The quantitative estimate of drug-likeness (QED) is 0.506. The number of rotatable bonds is 9. The lowest BCUT2D eigenvalue weighted by Gasteiger charge is -2.35. The number of amides is 1. The molecular weight excluding hydrogens is 462 g/mol. The van der Waals surface area contributed by atoms with Gasteiger partial charge in [0.15, 0.2) is 0 Å². The Kier molecular flexibility index (Phi) is 8.51. The smallest absolute Gasteiger partial charge is 0.269 e. The largest absolute Gasteiger partial charge is 0.384 e. The molecule has 4 rings (SSSR count). The van der Waals surface area contributed by atoms with Crippen LogP contribution in [0.5, 0.6) is 0 Å². The van der Waals surface area contributed by atoms with E-state index in [0.29, 0.717) is 69.5 Å². The van der Waals surface area contributed by atoms with Crippen molar-refractivity contribution in [1.82, 2.24) is 20.1 Å². The number of nitriles is 1. The zero-order chi connectivity index (χ0) is 25.5. The number of methoxy groups -OCH3 is 1. The first-order valence-corrected chi connectivity index (χ1v) is 12.3. The summed E-state index contributed by atoms with van der Waals surface area (Å²) in [6, 6.07) is 5.76. The molecule has 192 valence electrons. The third-order valence-corrected chi connectivity index (χ3v) is 6.89. The fourth-order valence-electron chi connectivity index (χ4n) is 4.92. The summed E-state index contributed by atoms with van der Waals surface area (Å²) in [4.78, 5) is 35.3. The van der Waals surface area contributed by atoms with Crippen LogP contribution in [0.2, 0.25) is 0 Å². The number of aromatic nitrogens is 3. The molecule has 0 aromatic carbocycles. The monoisotopic (exact) mass is 495 g/mol. The highest BCUT2D eigenvalue weighted by molar-refractivity contribution is 5.76. The van der Waals surface area contributed by atoms with E-state index in [1.165, 1.54) is 0 Å². The summed E-state index contributed by atoms with van der Waals surface area (Å²) in [7, 11) is 1.69. The van der Waals surface area contributed by atoms with Gasteiger partial charge in [-0.1, -0.05) is 0 Å². The van der Waals surface area contributed by atoms with Crippen LogP contribution >= 0.6 is 0 Å². The molecule has 1 unspecified atom stereocenters. The van der Waals surface area contributed by atoms with Crippen molar-refractivity contribution in [1.29, 1.82) is 5.26 Å². The minimum Gasteiger partial charge on any atom is -0.384 e. The molecule has 0 spiro atoms. The van der Waals surface area contributed by atoms with E-state index < -0.39 is 0 Å². The van der Waals surface area contributed by atoms with Crippen molar-refractivity contribution in [2.75, 3.05) is 69.5 Å². The number of anilines is 2. The van der Waals surface area contributed by atoms with Crippen LogP contribution in [0.4, 0.5) is 11.5 Å². The number of hydrogen-bond acceptors (Lipinski definition) is 9. The van der Waals surface area contributed by atoms with Crippen molar-refractivity contribution in [3.63, 3.8) is 0 Å². The third kappa shape index (κ3) is 6.01. The van der Waals surface area contributed by atoms with Gasteiger partial charge < -0.3 is 24.2 Å². The van der Waals surface area contributed by atoms with Crippen molar-refractivity contribution in [3.8, 4) is 6.07 Å². The molecule has 36 heavy (non-hydrogen) atoms. The first-order valence-electron chi connectivity index (χ1n) is 12.3. The number of hydrogen-bond donors (Lipinski definition) is 1. The molecule has 1 amide bonds. The Labute approximate surface area is 210 Å². The molecule has 4 heterocycles. The van der Waals surface area contributed by atoms with Crippen molar-refractivity contribution >= 4 is 17.4 Å².